The molecule has 1 atom stereocenters. The standard InChI is InChI=1S/C46H31NO4/c48-45(31-19-17-30(18-20-31)38-29-35-9-1-5-13-41(35)50-42-14-6-2-10-37(38)42)32-21-23-33(24-22-32)46(49)34-25-27-36(28-26-34)47-39-11-3-7-15-43(39)51-44-16-8-4-12-40(44)47/h1-28,38H,29H2. The summed E-state index contributed by atoms with van der Waals surface area (Å²) < 4.78 is 12.4. The maximum absolute atomic E-state index is 13.5. The summed E-state index contributed by atoms with van der Waals surface area (Å²) in [6, 6.07) is 54.5. The van der Waals surface area contributed by atoms with Gasteiger partial charge in [-0.1, -0.05) is 109 Å². The Labute approximate surface area is 296 Å². The number of nitrogens with zero attached hydrogens (tertiary/aromatic N) is 1. The molecule has 0 amide bonds. The number of ether oxygens (including phenoxy) is 2. The molecular formula is C46H31NO4. The predicted octanol–water partition coefficient (Wildman–Crippen LogP) is 11.2. The van der Waals surface area contributed by atoms with Crippen LogP contribution in [0.4, 0.5) is 17.1 Å². The molecule has 7 aromatic carbocycles. The van der Waals surface area contributed by atoms with Crippen LogP contribution in [-0.4, -0.2) is 11.6 Å². The first-order valence-electron chi connectivity index (χ1n) is 17.0. The van der Waals surface area contributed by atoms with E-state index in [2.05, 4.69) is 17.0 Å². The minimum atomic E-state index is -0.109. The molecule has 2 aliphatic heterocycles. The van der Waals surface area contributed by atoms with E-state index >= 15 is 0 Å². The van der Waals surface area contributed by atoms with Crippen LogP contribution in [0.2, 0.25) is 0 Å². The van der Waals surface area contributed by atoms with E-state index in [4.69, 9.17) is 9.47 Å². The molecule has 0 saturated heterocycles. The number of rotatable bonds is 6. The molecule has 5 nitrogen and oxygen atoms in total. The van der Waals surface area contributed by atoms with Crippen molar-refractivity contribution in [2.75, 3.05) is 4.90 Å². The van der Waals surface area contributed by atoms with Gasteiger partial charge >= 0.3 is 0 Å². The van der Waals surface area contributed by atoms with Gasteiger partial charge in [0.2, 0.25) is 0 Å². The summed E-state index contributed by atoms with van der Waals surface area (Å²) in [6.07, 6.45) is 0.799. The summed E-state index contributed by atoms with van der Waals surface area (Å²) in [6.45, 7) is 0. The van der Waals surface area contributed by atoms with Crippen LogP contribution in [0.5, 0.6) is 23.0 Å². The minimum absolute atomic E-state index is 0.0915. The number of anilines is 3. The Morgan fingerprint density at radius 3 is 1.47 bits per heavy atom. The van der Waals surface area contributed by atoms with Crippen molar-refractivity contribution >= 4 is 28.6 Å². The highest BCUT2D eigenvalue weighted by Gasteiger charge is 2.27. The lowest BCUT2D eigenvalue weighted by Crippen LogP contribution is -2.15. The lowest BCUT2D eigenvalue weighted by atomic mass is 9.85. The van der Waals surface area contributed by atoms with Crippen molar-refractivity contribution in [3.8, 4) is 23.0 Å². The highest BCUT2D eigenvalue weighted by molar-refractivity contribution is 6.12. The molecular weight excluding hydrogens is 631 g/mol. The van der Waals surface area contributed by atoms with Gasteiger partial charge in [0.1, 0.15) is 11.5 Å². The van der Waals surface area contributed by atoms with Gasteiger partial charge < -0.3 is 14.4 Å². The first-order valence-corrected chi connectivity index (χ1v) is 17.0. The first kappa shape index (κ1) is 30.3. The van der Waals surface area contributed by atoms with Gasteiger partial charge in [0.25, 0.3) is 0 Å². The van der Waals surface area contributed by atoms with Crippen molar-refractivity contribution in [3.05, 3.63) is 209 Å². The predicted molar refractivity (Wildman–Crippen MR) is 199 cm³/mol. The summed E-state index contributed by atoms with van der Waals surface area (Å²) in [5, 5.41) is 0. The Bertz CT molecular complexity index is 2390. The second-order valence-electron chi connectivity index (χ2n) is 12.8. The van der Waals surface area contributed by atoms with Crippen molar-refractivity contribution in [2.24, 2.45) is 0 Å². The van der Waals surface area contributed by atoms with E-state index in [1.807, 2.05) is 133 Å². The molecule has 0 radical (unpaired) electrons. The molecule has 0 fully saturated rings. The van der Waals surface area contributed by atoms with Crippen molar-refractivity contribution in [2.45, 2.75) is 12.3 Å². The van der Waals surface area contributed by atoms with Gasteiger partial charge in [0.15, 0.2) is 23.1 Å². The molecule has 9 rings (SSSR count). The highest BCUT2D eigenvalue weighted by Crippen LogP contribution is 2.50. The number of hydrogen-bond acceptors (Lipinski definition) is 5. The van der Waals surface area contributed by atoms with Crippen molar-refractivity contribution < 1.29 is 19.1 Å². The maximum atomic E-state index is 13.5. The molecule has 51 heavy (non-hydrogen) atoms. The molecule has 0 N–H and O–H groups in total. The molecule has 7 aromatic rings. The van der Waals surface area contributed by atoms with Crippen molar-refractivity contribution in [3.63, 3.8) is 0 Å². The molecule has 0 aromatic heterocycles. The fourth-order valence-electron chi connectivity index (χ4n) is 7.10. The van der Waals surface area contributed by atoms with E-state index in [1.165, 1.54) is 0 Å². The second kappa shape index (κ2) is 12.6. The van der Waals surface area contributed by atoms with Crippen LogP contribution >= 0.6 is 0 Å². The summed E-state index contributed by atoms with van der Waals surface area (Å²) in [5.41, 5.74) is 8.39. The van der Waals surface area contributed by atoms with Gasteiger partial charge in [-0.25, -0.2) is 0 Å². The third kappa shape index (κ3) is 5.55. The van der Waals surface area contributed by atoms with Crippen LogP contribution in [0.1, 0.15) is 54.5 Å². The van der Waals surface area contributed by atoms with Gasteiger partial charge in [0, 0.05) is 39.4 Å². The van der Waals surface area contributed by atoms with E-state index in [0.29, 0.717) is 22.3 Å². The summed E-state index contributed by atoms with van der Waals surface area (Å²) in [4.78, 5) is 29.2. The number of carbonyl (C=O) groups excluding carboxylic acids is 2. The van der Waals surface area contributed by atoms with Crippen LogP contribution in [-0.2, 0) is 6.42 Å². The van der Waals surface area contributed by atoms with Crippen LogP contribution in [0.15, 0.2) is 170 Å². The quantitative estimate of drug-likeness (QED) is 0.166. The highest BCUT2D eigenvalue weighted by atomic mass is 16.5. The van der Waals surface area contributed by atoms with Gasteiger partial charge in [-0.3, -0.25) is 9.59 Å². The fourth-order valence-corrected chi connectivity index (χ4v) is 7.10. The molecule has 0 bridgehead atoms. The van der Waals surface area contributed by atoms with Gasteiger partial charge in [-0.05, 0) is 78.2 Å². The summed E-state index contributed by atoms with van der Waals surface area (Å²) in [5.74, 6) is 3.17. The Balaban J connectivity index is 0.924. The van der Waals surface area contributed by atoms with E-state index in [0.717, 1.165) is 63.2 Å². The van der Waals surface area contributed by atoms with Gasteiger partial charge in [-0.2, -0.15) is 0 Å². The number of hydrogen-bond donors (Lipinski definition) is 0. The van der Waals surface area contributed by atoms with Crippen LogP contribution in [0.3, 0.4) is 0 Å². The summed E-state index contributed by atoms with van der Waals surface area (Å²) >= 11 is 0. The number of ketones is 2. The smallest absolute Gasteiger partial charge is 0.193 e. The zero-order chi connectivity index (χ0) is 34.3. The average Bonchev–Trinajstić information content (AvgIpc) is 3.36. The largest absolute Gasteiger partial charge is 0.457 e. The van der Waals surface area contributed by atoms with Crippen LogP contribution in [0.25, 0.3) is 0 Å². The minimum Gasteiger partial charge on any atom is -0.457 e. The fraction of sp³-hybridized carbons (Fsp3) is 0.0435. The first-order chi connectivity index (χ1) is 25.1. The molecule has 2 heterocycles. The molecule has 1 unspecified atom stereocenters. The Morgan fingerprint density at radius 2 is 0.882 bits per heavy atom. The third-order valence-electron chi connectivity index (χ3n) is 9.72. The SMILES string of the molecule is O=C(c1ccc(C(=O)c2ccc(N3c4ccccc4Oc4ccccc43)cc2)cc1)c1ccc(C2Cc3ccccc3Oc3ccccc32)cc1. The number of benzene rings is 7. The Morgan fingerprint density at radius 1 is 0.451 bits per heavy atom. The van der Waals surface area contributed by atoms with Crippen molar-refractivity contribution in [1.29, 1.82) is 0 Å². The van der Waals surface area contributed by atoms with Crippen LogP contribution < -0.4 is 14.4 Å². The van der Waals surface area contributed by atoms with E-state index in [-0.39, 0.29) is 17.5 Å². The number of carbonyl (C=O) groups is 2. The second-order valence-corrected chi connectivity index (χ2v) is 12.8. The van der Waals surface area contributed by atoms with Crippen LogP contribution in [0, 0.1) is 0 Å². The van der Waals surface area contributed by atoms with Gasteiger partial charge in [0.05, 0.1) is 11.4 Å². The normalized spacial score (nSPS) is 14.0. The molecule has 0 spiro atoms. The lowest BCUT2D eigenvalue weighted by molar-refractivity contribution is 0.102. The monoisotopic (exact) mass is 661 g/mol. The zero-order valence-corrected chi connectivity index (χ0v) is 27.5. The van der Waals surface area contributed by atoms with E-state index < -0.39 is 0 Å². The third-order valence-corrected chi connectivity index (χ3v) is 9.72. The molecule has 0 aliphatic carbocycles. The summed E-state index contributed by atoms with van der Waals surface area (Å²) in [7, 11) is 0. The molecule has 5 heteroatoms. The van der Waals surface area contributed by atoms with E-state index in [1.54, 1.807) is 24.3 Å². The molecule has 2 aliphatic rings. The molecule has 244 valence electrons. The Kier molecular flexibility index (Phi) is 7.51. The Hall–Kier alpha value is -6.72. The average molecular weight is 662 g/mol. The number of para-hydroxylation sites is 6. The maximum Gasteiger partial charge on any atom is 0.193 e. The van der Waals surface area contributed by atoms with E-state index in [9.17, 15) is 9.59 Å². The van der Waals surface area contributed by atoms with Crippen molar-refractivity contribution in [1.82, 2.24) is 0 Å². The number of fused-ring (bicyclic) bond motifs is 4. The lowest BCUT2D eigenvalue weighted by Gasteiger charge is -2.32. The molecule has 0 saturated carbocycles. The zero-order valence-electron chi connectivity index (χ0n) is 27.5. The van der Waals surface area contributed by atoms with Gasteiger partial charge in [-0.15, -0.1) is 0 Å². The topological polar surface area (TPSA) is 55.8 Å².